The molecule has 0 bridgehead atoms. The minimum atomic E-state index is -1.63. The lowest BCUT2D eigenvalue weighted by molar-refractivity contribution is -0.299. The van der Waals surface area contributed by atoms with Gasteiger partial charge in [-0.2, -0.15) is 0 Å². The van der Waals surface area contributed by atoms with Gasteiger partial charge in [-0.15, -0.1) is 0 Å². The first-order chi connectivity index (χ1) is 27.8. The van der Waals surface area contributed by atoms with Crippen molar-refractivity contribution >= 4 is 17.7 Å². The maximum atomic E-state index is 14.5. The van der Waals surface area contributed by atoms with Gasteiger partial charge in [0.2, 0.25) is 0 Å². The third kappa shape index (κ3) is 11.6. The molecule has 0 aromatic heterocycles. The Labute approximate surface area is 360 Å². The fraction of sp³-hybridized carbons (Fsp3) is 0.771. The molecular weight excluding hydrogens is 767 g/mol. The molecule has 12 heteroatoms. The molecule has 0 amide bonds. The molecule has 60 heavy (non-hydrogen) atoms. The van der Waals surface area contributed by atoms with Crippen molar-refractivity contribution in [3.05, 3.63) is 46.0 Å². The van der Waals surface area contributed by atoms with Gasteiger partial charge in [0.1, 0.15) is 11.7 Å². The number of aryl methyl sites for hydroxylation is 3. The Kier molecular flexibility index (Phi) is 16.8. The number of likely N-dealkylation sites (N-methyl/N-ethyl adjacent to an activating group) is 1. The van der Waals surface area contributed by atoms with Crippen molar-refractivity contribution in [2.75, 3.05) is 14.1 Å². The second-order valence-electron chi connectivity index (χ2n) is 19.4. The van der Waals surface area contributed by atoms with E-state index in [9.17, 15) is 24.6 Å². The van der Waals surface area contributed by atoms with Gasteiger partial charge in [0, 0.05) is 31.1 Å². The molecule has 0 aliphatic carbocycles. The van der Waals surface area contributed by atoms with Crippen LogP contribution >= 0.6 is 0 Å². The average Bonchev–Trinajstić information content (AvgIpc) is 3.12. The quantitative estimate of drug-likeness (QED) is 0.241. The third-order valence-corrected chi connectivity index (χ3v) is 13.3. The van der Waals surface area contributed by atoms with Crippen LogP contribution in [0.4, 0.5) is 0 Å². The minimum Gasteiger partial charge on any atom is -0.459 e. The summed E-state index contributed by atoms with van der Waals surface area (Å²) in [4.78, 5) is 43.0. The van der Waals surface area contributed by atoms with Gasteiger partial charge in [-0.25, -0.2) is 0 Å². The van der Waals surface area contributed by atoms with Crippen LogP contribution in [-0.2, 0) is 42.8 Å². The summed E-state index contributed by atoms with van der Waals surface area (Å²) < 4.78 is 39.3. The van der Waals surface area contributed by atoms with E-state index in [4.69, 9.17) is 28.4 Å². The summed E-state index contributed by atoms with van der Waals surface area (Å²) in [7, 11) is 3.86. The molecule has 1 aromatic rings. The van der Waals surface area contributed by atoms with Crippen molar-refractivity contribution in [2.24, 2.45) is 23.7 Å². The Morgan fingerprint density at radius 1 is 0.900 bits per heavy atom. The molecule has 340 valence electrons. The van der Waals surface area contributed by atoms with E-state index in [1.807, 2.05) is 67.5 Å². The lowest BCUT2D eigenvalue weighted by Crippen LogP contribution is -2.58. The summed E-state index contributed by atoms with van der Waals surface area (Å²) in [6.07, 6.45) is -2.32. The van der Waals surface area contributed by atoms with Crippen molar-refractivity contribution < 1.29 is 53.0 Å². The summed E-state index contributed by atoms with van der Waals surface area (Å²) in [6, 6.07) is 4.03. The largest absolute Gasteiger partial charge is 0.459 e. The van der Waals surface area contributed by atoms with Gasteiger partial charge >= 0.3 is 11.9 Å². The van der Waals surface area contributed by atoms with Gasteiger partial charge in [-0.1, -0.05) is 51.8 Å². The summed E-state index contributed by atoms with van der Waals surface area (Å²) in [5, 5.41) is 24.1. The Balaban J connectivity index is 1.84. The summed E-state index contributed by atoms with van der Waals surface area (Å²) >= 11 is 0. The van der Waals surface area contributed by atoms with Crippen LogP contribution in [0, 0.1) is 44.4 Å². The standard InChI is InChI=1S/C48H77NO11/c1-17-18-37-47(13,53)23-30(7)41(51)28(5)21-29(6)42(60-46-44(57-35(12)50)36(49(15)16)22-31(8)55-46)32(9)43(33(10)45(52)58-37)59-38-24-48(14,54)40(34(11)56-38)39-26(3)19-25(2)20-27(39)4/h19-20,23,28-29,31-34,36-38,40,42-44,46,53-54H,17-18,21-22,24H2,1-16H3/b30-23+/t28-,29+,31+,32-,33-,34?,36?,37-,38+,40-,42+,43+,44-,46?,47+,48?/m1/s1. The molecule has 2 saturated heterocycles. The average molecular weight is 844 g/mol. The SMILES string of the molecule is CCC[C@H]1OC(=O)[C@H](C)[C@@H](O[C@H]2CC(C)(O)[C@@H](c3c(C)cc(C)cc3C)C(C)O2)[C@H](C)[C@@H](OC2O[C@@H](C)CC(N(C)C)[C@H]2OC(C)=O)[C@@H](C)C[C@@H](C)C(=O)/C(C)=C/[C@]1(C)O. The number of esters is 2. The van der Waals surface area contributed by atoms with Crippen LogP contribution in [0.1, 0.15) is 136 Å². The fourth-order valence-electron chi connectivity index (χ4n) is 10.5. The van der Waals surface area contributed by atoms with E-state index in [0.29, 0.717) is 31.3 Å². The van der Waals surface area contributed by atoms with E-state index in [1.54, 1.807) is 20.8 Å². The number of hydrogen-bond donors (Lipinski definition) is 2. The zero-order chi connectivity index (χ0) is 45.2. The highest BCUT2D eigenvalue weighted by atomic mass is 16.7. The Hall–Kier alpha value is -2.71. The maximum absolute atomic E-state index is 14.5. The molecule has 2 N–H and O–H groups in total. The summed E-state index contributed by atoms with van der Waals surface area (Å²) in [5.41, 5.74) is 1.85. The molecule has 4 rings (SSSR count). The molecule has 12 nitrogen and oxygen atoms in total. The first-order valence-corrected chi connectivity index (χ1v) is 22.2. The van der Waals surface area contributed by atoms with Crippen molar-refractivity contribution in [3.63, 3.8) is 0 Å². The number of carbonyl (C=O) groups is 3. The number of Topliss-reactive ketones (excluding diaryl/α,β-unsaturated/α-hetero) is 1. The third-order valence-electron chi connectivity index (χ3n) is 13.3. The van der Waals surface area contributed by atoms with Crippen molar-refractivity contribution in [3.8, 4) is 0 Å². The highest BCUT2D eigenvalue weighted by Gasteiger charge is 2.51. The summed E-state index contributed by atoms with van der Waals surface area (Å²) in [6.45, 7) is 26.0. The number of nitrogens with zero attached hydrogens (tertiary/aromatic N) is 1. The first kappa shape index (κ1) is 49.9. The number of aliphatic hydroxyl groups is 2. The smallest absolute Gasteiger partial charge is 0.311 e. The molecule has 0 radical (unpaired) electrons. The molecule has 1 aromatic carbocycles. The van der Waals surface area contributed by atoms with Gasteiger partial charge in [-0.05, 0) is 130 Å². The van der Waals surface area contributed by atoms with E-state index in [2.05, 4.69) is 32.9 Å². The van der Waals surface area contributed by atoms with E-state index >= 15 is 0 Å². The highest BCUT2D eigenvalue weighted by Crippen LogP contribution is 2.45. The Bertz CT molecular complexity index is 1660. The zero-order valence-electron chi connectivity index (χ0n) is 39.4. The molecule has 3 aliphatic rings. The zero-order valence-corrected chi connectivity index (χ0v) is 39.4. The molecule has 3 heterocycles. The number of ketones is 1. The van der Waals surface area contributed by atoms with E-state index in [0.717, 1.165) is 22.3 Å². The number of rotatable bonds is 9. The first-order valence-electron chi connectivity index (χ1n) is 22.2. The fourth-order valence-corrected chi connectivity index (χ4v) is 10.5. The second kappa shape index (κ2) is 20.2. The van der Waals surface area contributed by atoms with Crippen molar-refractivity contribution in [2.45, 2.75) is 201 Å². The normalized spacial score (nSPS) is 41.0. The maximum Gasteiger partial charge on any atom is 0.311 e. The molecule has 16 atom stereocenters. The van der Waals surface area contributed by atoms with E-state index < -0.39 is 84.0 Å². The van der Waals surface area contributed by atoms with Crippen LogP contribution in [-0.4, -0.2) is 113 Å². The van der Waals surface area contributed by atoms with Crippen LogP contribution in [0.5, 0.6) is 0 Å². The highest BCUT2D eigenvalue weighted by molar-refractivity contribution is 5.96. The number of carbonyl (C=O) groups excluding carboxylic acids is 3. The predicted octanol–water partition coefficient (Wildman–Crippen LogP) is 7.27. The number of allylic oxidation sites excluding steroid dienone is 1. The molecule has 0 spiro atoms. The van der Waals surface area contributed by atoms with E-state index in [-0.39, 0.29) is 36.2 Å². The van der Waals surface area contributed by atoms with Crippen molar-refractivity contribution in [1.29, 1.82) is 0 Å². The van der Waals surface area contributed by atoms with Crippen LogP contribution in [0.2, 0.25) is 0 Å². The molecule has 4 unspecified atom stereocenters. The number of ether oxygens (including phenoxy) is 6. The van der Waals surface area contributed by atoms with E-state index in [1.165, 1.54) is 13.0 Å². The van der Waals surface area contributed by atoms with Crippen LogP contribution in [0.3, 0.4) is 0 Å². The van der Waals surface area contributed by atoms with Gasteiger partial charge in [0.05, 0.1) is 42.0 Å². The molecule has 2 fully saturated rings. The van der Waals surface area contributed by atoms with Gasteiger partial charge in [0.15, 0.2) is 24.5 Å². The van der Waals surface area contributed by atoms with Crippen molar-refractivity contribution in [1.82, 2.24) is 4.90 Å². The number of hydrogen-bond acceptors (Lipinski definition) is 12. The number of benzene rings is 1. The number of cyclic esters (lactones) is 1. The summed E-state index contributed by atoms with van der Waals surface area (Å²) in [5.74, 6) is -3.81. The molecular formula is C48H77NO11. The van der Waals surface area contributed by atoms with Crippen LogP contribution in [0.25, 0.3) is 0 Å². The predicted molar refractivity (Wildman–Crippen MR) is 230 cm³/mol. The van der Waals surface area contributed by atoms with Crippen LogP contribution in [0.15, 0.2) is 23.8 Å². The second-order valence-corrected chi connectivity index (χ2v) is 19.4. The molecule has 0 saturated carbocycles. The molecule has 3 aliphatic heterocycles. The lowest BCUT2D eigenvalue weighted by atomic mass is 9.73. The monoisotopic (exact) mass is 844 g/mol. The Morgan fingerprint density at radius 3 is 2.07 bits per heavy atom. The van der Waals surface area contributed by atoms with Gasteiger partial charge in [-0.3, -0.25) is 14.4 Å². The van der Waals surface area contributed by atoms with Gasteiger partial charge in [0.25, 0.3) is 0 Å². The topological polar surface area (TPSA) is 150 Å². The van der Waals surface area contributed by atoms with Gasteiger partial charge < -0.3 is 43.5 Å². The van der Waals surface area contributed by atoms with Crippen LogP contribution < -0.4 is 0 Å². The lowest BCUT2D eigenvalue weighted by Gasteiger charge is -2.48. The Morgan fingerprint density at radius 2 is 1.52 bits per heavy atom. The minimum absolute atomic E-state index is 0.117.